The fraction of sp³-hybridized carbons (Fsp3) is 0.733. The summed E-state index contributed by atoms with van der Waals surface area (Å²) in [6.45, 7) is 3.93. The van der Waals surface area contributed by atoms with Gasteiger partial charge in [0, 0.05) is 39.3 Å². The van der Waals surface area contributed by atoms with E-state index in [0.717, 1.165) is 32.2 Å². The molecular formula is C15H22ClN5. The molecule has 0 radical (unpaired) electrons. The quantitative estimate of drug-likeness (QED) is 0.859. The molecule has 0 bridgehead atoms. The molecule has 1 saturated carbocycles. The topological polar surface area (TPSA) is 48.1 Å². The van der Waals surface area contributed by atoms with Crippen LogP contribution in [0.5, 0.6) is 0 Å². The van der Waals surface area contributed by atoms with Crippen molar-refractivity contribution in [3.8, 4) is 6.07 Å². The highest BCUT2D eigenvalue weighted by Gasteiger charge is 2.31. The van der Waals surface area contributed by atoms with Crippen molar-refractivity contribution in [1.29, 1.82) is 5.26 Å². The number of nitriles is 1. The van der Waals surface area contributed by atoms with Crippen molar-refractivity contribution in [2.24, 2.45) is 7.05 Å². The minimum absolute atomic E-state index is 0.329. The van der Waals surface area contributed by atoms with E-state index in [4.69, 9.17) is 11.6 Å². The first kappa shape index (κ1) is 14.8. The van der Waals surface area contributed by atoms with Crippen LogP contribution in [0.1, 0.15) is 37.4 Å². The number of rotatable bonds is 3. The third kappa shape index (κ3) is 2.94. The predicted molar refractivity (Wildman–Crippen MR) is 82.0 cm³/mol. The summed E-state index contributed by atoms with van der Waals surface area (Å²) in [7, 11) is 1.85. The Balaban J connectivity index is 1.64. The monoisotopic (exact) mass is 307 g/mol. The van der Waals surface area contributed by atoms with Gasteiger partial charge in [0.05, 0.1) is 12.4 Å². The first-order valence-corrected chi connectivity index (χ1v) is 8.13. The zero-order chi connectivity index (χ0) is 14.8. The molecule has 1 aromatic rings. The number of halogens is 1. The number of hydrogen-bond donors (Lipinski definition) is 0. The molecule has 5 nitrogen and oxygen atoms in total. The van der Waals surface area contributed by atoms with Crippen LogP contribution in [0.15, 0.2) is 6.33 Å². The van der Waals surface area contributed by atoms with Gasteiger partial charge in [0.2, 0.25) is 0 Å². The molecule has 1 aliphatic carbocycles. The molecule has 3 rings (SSSR count). The minimum Gasteiger partial charge on any atom is -0.325 e. The standard InChI is InChI=1S/C15H22ClN5/c1-19-11-18-14(15(19)16)13(10-17)21-8-6-20(7-9-21)12-4-2-3-5-12/h11-13H,2-9H2,1H3. The van der Waals surface area contributed by atoms with E-state index in [0.29, 0.717) is 10.8 Å². The van der Waals surface area contributed by atoms with Gasteiger partial charge in [-0.05, 0) is 12.8 Å². The SMILES string of the molecule is Cn1cnc(C(C#N)N2CCN(C3CCCC3)CC2)c1Cl. The summed E-state index contributed by atoms with van der Waals surface area (Å²) in [6.07, 6.45) is 7.10. The first-order valence-electron chi connectivity index (χ1n) is 7.75. The van der Waals surface area contributed by atoms with Crippen LogP contribution in [-0.4, -0.2) is 51.6 Å². The second-order valence-corrected chi connectivity index (χ2v) is 6.43. The molecule has 0 amide bonds. The summed E-state index contributed by atoms with van der Waals surface area (Å²) in [5.74, 6) is 0. The summed E-state index contributed by atoms with van der Waals surface area (Å²) in [6, 6.07) is 2.81. The summed E-state index contributed by atoms with van der Waals surface area (Å²) >= 11 is 6.25. The van der Waals surface area contributed by atoms with Crippen LogP contribution in [0, 0.1) is 11.3 Å². The summed E-state index contributed by atoms with van der Waals surface area (Å²) in [4.78, 5) is 9.11. The van der Waals surface area contributed by atoms with Gasteiger partial charge in [-0.2, -0.15) is 5.26 Å². The van der Waals surface area contributed by atoms with Crippen LogP contribution < -0.4 is 0 Å². The van der Waals surface area contributed by atoms with Gasteiger partial charge in [-0.15, -0.1) is 0 Å². The van der Waals surface area contributed by atoms with Crippen molar-refractivity contribution < 1.29 is 0 Å². The molecule has 1 saturated heterocycles. The van der Waals surface area contributed by atoms with Crippen molar-refractivity contribution in [3.05, 3.63) is 17.2 Å². The average molecular weight is 308 g/mol. The highest BCUT2D eigenvalue weighted by Crippen LogP contribution is 2.29. The van der Waals surface area contributed by atoms with Crippen LogP contribution in [0.25, 0.3) is 0 Å². The third-order valence-corrected chi connectivity index (χ3v) is 5.29. The lowest BCUT2D eigenvalue weighted by Crippen LogP contribution is -2.50. The first-order chi connectivity index (χ1) is 10.2. The van der Waals surface area contributed by atoms with Crippen LogP contribution >= 0.6 is 11.6 Å². The van der Waals surface area contributed by atoms with E-state index < -0.39 is 0 Å². The fourth-order valence-electron chi connectivity index (χ4n) is 3.56. The lowest BCUT2D eigenvalue weighted by molar-refractivity contribution is 0.0831. The molecule has 0 spiro atoms. The van der Waals surface area contributed by atoms with Crippen molar-refractivity contribution in [2.45, 2.75) is 37.8 Å². The van der Waals surface area contributed by atoms with Crippen LogP contribution in [0.4, 0.5) is 0 Å². The minimum atomic E-state index is -0.329. The van der Waals surface area contributed by atoms with Crippen LogP contribution in [0.2, 0.25) is 5.15 Å². The Labute approximate surface area is 131 Å². The molecule has 2 fully saturated rings. The van der Waals surface area contributed by atoms with Crippen LogP contribution in [-0.2, 0) is 7.05 Å². The molecule has 0 N–H and O–H groups in total. The largest absolute Gasteiger partial charge is 0.325 e. The van der Waals surface area contributed by atoms with Gasteiger partial charge in [-0.25, -0.2) is 4.98 Å². The maximum absolute atomic E-state index is 9.53. The molecule has 0 aromatic carbocycles. The molecule has 1 aliphatic heterocycles. The molecule has 2 aliphatic rings. The molecule has 1 atom stereocenters. The zero-order valence-corrected chi connectivity index (χ0v) is 13.3. The van der Waals surface area contributed by atoms with E-state index >= 15 is 0 Å². The van der Waals surface area contributed by atoms with Gasteiger partial charge in [-0.3, -0.25) is 9.80 Å². The molecule has 2 heterocycles. The summed E-state index contributed by atoms with van der Waals surface area (Å²) < 4.78 is 1.76. The maximum atomic E-state index is 9.53. The molecule has 114 valence electrons. The average Bonchev–Trinajstić information content (AvgIpc) is 3.14. The highest BCUT2D eigenvalue weighted by atomic mass is 35.5. The Morgan fingerprint density at radius 3 is 2.48 bits per heavy atom. The molecule has 21 heavy (non-hydrogen) atoms. The predicted octanol–water partition coefficient (Wildman–Crippen LogP) is 2.20. The van der Waals surface area contributed by atoms with Gasteiger partial charge >= 0.3 is 0 Å². The van der Waals surface area contributed by atoms with E-state index in [-0.39, 0.29) is 6.04 Å². The Kier molecular flexibility index (Phi) is 4.48. The molecule has 1 unspecified atom stereocenters. The Bertz CT molecular complexity index is 521. The Hall–Kier alpha value is -1.09. The van der Waals surface area contributed by atoms with Gasteiger partial charge in [0.25, 0.3) is 0 Å². The van der Waals surface area contributed by atoms with Crippen molar-refractivity contribution in [3.63, 3.8) is 0 Å². The smallest absolute Gasteiger partial charge is 0.144 e. The van der Waals surface area contributed by atoms with Gasteiger partial charge < -0.3 is 4.57 Å². The molecule has 1 aromatic heterocycles. The van der Waals surface area contributed by atoms with Crippen molar-refractivity contribution in [2.75, 3.05) is 26.2 Å². The van der Waals surface area contributed by atoms with Gasteiger partial charge in [-0.1, -0.05) is 24.4 Å². The van der Waals surface area contributed by atoms with Gasteiger partial charge in [0.15, 0.2) is 0 Å². The third-order valence-electron chi connectivity index (χ3n) is 4.83. The van der Waals surface area contributed by atoms with Crippen molar-refractivity contribution >= 4 is 11.6 Å². The summed E-state index contributed by atoms with van der Waals surface area (Å²) in [5.41, 5.74) is 0.691. The van der Waals surface area contributed by atoms with Crippen LogP contribution in [0.3, 0.4) is 0 Å². The van der Waals surface area contributed by atoms with E-state index in [1.165, 1.54) is 25.7 Å². The highest BCUT2D eigenvalue weighted by molar-refractivity contribution is 6.30. The van der Waals surface area contributed by atoms with E-state index in [2.05, 4.69) is 20.9 Å². The fourth-order valence-corrected chi connectivity index (χ4v) is 3.76. The molecular weight excluding hydrogens is 286 g/mol. The zero-order valence-electron chi connectivity index (χ0n) is 12.5. The number of hydrogen-bond acceptors (Lipinski definition) is 4. The number of aryl methyl sites for hydroxylation is 1. The Morgan fingerprint density at radius 2 is 1.95 bits per heavy atom. The molecule has 6 heteroatoms. The van der Waals surface area contributed by atoms with E-state index in [9.17, 15) is 5.26 Å². The van der Waals surface area contributed by atoms with Gasteiger partial charge in [0.1, 0.15) is 16.9 Å². The van der Waals surface area contributed by atoms with Crippen molar-refractivity contribution in [1.82, 2.24) is 19.4 Å². The normalized spacial score (nSPS) is 23.3. The number of nitrogens with zero attached hydrogens (tertiary/aromatic N) is 5. The maximum Gasteiger partial charge on any atom is 0.144 e. The second-order valence-electron chi connectivity index (χ2n) is 6.07. The number of aromatic nitrogens is 2. The second kappa shape index (κ2) is 6.35. The van der Waals surface area contributed by atoms with E-state index in [1.54, 1.807) is 10.9 Å². The number of imidazole rings is 1. The van der Waals surface area contributed by atoms with E-state index in [1.807, 2.05) is 7.05 Å². The Morgan fingerprint density at radius 1 is 1.29 bits per heavy atom. The lowest BCUT2D eigenvalue weighted by atomic mass is 10.1. The summed E-state index contributed by atoms with van der Waals surface area (Å²) in [5, 5.41) is 10.1. The lowest BCUT2D eigenvalue weighted by Gasteiger charge is -2.39. The number of piperazine rings is 1.